The zero-order chi connectivity index (χ0) is 13.7. The SMILES string of the molecule is CCC(CO)C(=O)c1ccc(OC)c(C(C)C)c1. The summed E-state index contributed by atoms with van der Waals surface area (Å²) in [4.78, 5) is 12.2. The van der Waals surface area contributed by atoms with Gasteiger partial charge in [-0.15, -0.1) is 0 Å². The number of ketones is 1. The number of hydrogen-bond donors (Lipinski definition) is 1. The maximum Gasteiger partial charge on any atom is 0.168 e. The normalized spacial score (nSPS) is 12.6. The van der Waals surface area contributed by atoms with Crippen molar-refractivity contribution in [2.24, 2.45) is 5.92 Å². The van der Waals surface area contributed by atoms with Crippen molar-refractivity contribution in [3.05, 3.63) is 29.3 Å². The smallest absolute Gasteiger partial charge is 0.168 e. The summed E-state index contributed by atoms with van der Waals surface area (Å²) >= 11 is 0. The molecule has 1 atom stereocenters. The van der Waals surface area contributed by atoms with E-state index in [9.17, 15) is 9.90 Å². The minimum absolute atomic E-state index is 0.00422. The molecule has 0 aromatic heterocycles. The molecule has 0 saturated heterocycles. The van der Waals surface area contributed by atoms with Crippen molar-refractivity contribution < 1.29 is 14.6 Å². The molecule has 1 aromatic carbocycles. The molecule has 0 heterocycles. The van der Waals surface area contributed by atoms with Crippen molar-refractivity contribution in [1.82, 2.24) is 0 Å². The third-order valence-corrected chi connectivity index (χ3v) is 3.22. The standard InChI is InChI=1S/C15H22O3/c1-5-11(9-16)15(17)12-6-7-14(18-4)13(8-12)10(2)3/h6-8,10-11,16H,5,9H2,1-4H3. The molecule has 0 saturated carbocycles. The monoisotopic (exact) mass is 250 g/mol. The first kappa shape index (κ1) is 14.7. The van der Waals surface area contributed by atoms with E-state index in [1.807, 2.05) is 19.1 Å². The number of aliphatic hydroxyl groups is 1. The lowest BCUT2D eigenvalue weighted by atomic mass is 9.92. The predicted octanol–water partition coefficient (Wildman–Crippen LogP) is 3.02. The van der Waals surface area contributed by atoms with Gasteiger partial charge >= 0.3 is 0 Å². The summed E-state index contributed by atoms with van der Waals surface area (Å²) in [5.74, 6) is 0.795. The highest BCUT2D eigenvalue weighted by Gasteiger charge is 2.19. The fraction of sp³-hybridized carbons (Fsp3) is 0.533. The molecule has 1 N–H and O–H groups in total. The van der Waals surface area contributed by atoms with E-state index in [1.54, 1.807) is 13.2 Å². The van der Waals surface area contributed by atoms with Crippen LogP contribution in [0.15, 0.2) is 18.2 Å². The summed E-state index contributed by atoms with van der Waals surface area (Å²) < 4.78 is 5.29. The Morgan fingerprint density at radius 1 is 1.39 bits per heavy atom. The molecule has 3 nitrogen and oxygen atoms in total. The largest absolute Gasteiger partial charge is 0.496 e. The van der Waals surface area contributed by atoms with Crippen molar-refractivity contribution >= 4 is 5.78 Å². The third kappa shape index (κ3) is 3.10. The van der Waals surface area contributed by atoms with Gasteiger partial charge in [-0.3, -0.25) is 4.79 Å². The maximum absolute atomic E-state index is 12.2. The molecule has 0 aliphatic rings. The van der Waals surface area contributed by atoms with Gasteiger partial charge in [0.15, 0.2) is 5.78 Å². The molecule has 0 fully saturated rings. The Morgan fingerprint density at radius 2 is 2.06 bits per heavy atom. The van der Waals surface area contributed by atoms with Crippen LogP contribution in [0.2, 0.25) is 0 Å². The summed E-state index contributed by atoms with van der Waals surface area (Å²) in [7, 11) is 1.63. The number of rotatable bonds is 6. The molecular formula is C15H22O3. The molecule has 1 rings (SSSR count). The first-order chi connectivity index (χ1) is 8.54. The minimum Gasteiger partial charge on any atom is -0.496 e. The van der Waals surface area contributed by atoms with Crippen LogP contribution in [0.1, 0.15) is 49.0 Å². The van der Waals surface area contributed by atoms with Crippen molar-refractivity contribution in [3.8, 4) is 5.75 Å². The van der Waals surface area contributed by atoms with Crippen molar-refractivity contribution in [2.45, 2.75) is 33.1 Å². The lowest BCUT2D eigenvalue weighted by Crippen LogP contribution is -2.18. The van der Waals surface area contributed by atoms with Crippen LogP contribution in [0.3, 0.4) is 0 Å². The van der Waals surface area contributed by atoms with Crippen LogP contribution in [0.25, 0.3) is 0 Å². The fourth-order valence-electron chi connectivity index (χ4n) is 1.97. The molecule has 0 bridgehead atoms. The lowest BCUT2D eigenvalue weighted by Gasteiger charge is -2.15. The zero-order valence-corrected chi connectivity index (χ0v) is 11.6. The highest BCUT2D eigenvalue weighted by Crippen LogP contribution is 2.28. The lowest BCUT2D eigenvalue weighted by molar-refractivity contribution is 0.0856. The van der Waals surface area contributed by atoms with Gasteiger partial charge in [0.1, 0.15) is 5.75 Å². The van der Waals surface area contributed by atoms with Crippen LogP contribution in [-0.2, 0) is 0 Å². The number of methoxy groups -OCH3 is 1. The summed E-state index contributed by atoms with van der Waals surface area (Å²) in [6, 6.07) is 5.47. The number of carbonyl (C=O) groups excluding carboxylic acids is 1. The average molecular weight is 250 g/mol. The molecule has 3 heteroatoms. The molecule has 1 unspecified atom stereocenters. The van der Waals surface area contributed by atoms with Gasteiger partial charge in [0.05, 0.1) is 13.7 Å². The number of hydrogen-bond acceptors (Lipinski definition) is 3. The summed E-state index contributed by atoms with van der Waals surface area (Å²) in [6.45, 7) is 5.94. The molecule has 0 aliphatic heterocycles. The topological polar surface area (TPSA) is 46.5 Å². The van der Waals surface area contributed by atoms with Crippen LogP contribution in [0.5, 0.6) is 5.75 Å². The molecule has 1 aromatic rings. The van der Waals surface area contributed by atoms with E-state index in [1.165, 1.54) is 0 Å². The second kappa shape index (κ2) is 6.55. The second-order valence-electron chi connectivity index (χ2n) is 4.76. The van der Waals surface area contributed by atoms with Crippen LogP contribution < -0.4 is 4.74 Å². The fourth-order valence-corrected chi connectivity index (χ4v) is 1.97. The molecule has 0 amide bonds. The second-order valence-corrected chi connectivity index (χ2v) is 4.76. The Balaban J connectivity index is 3.11. The maximum atomic E-state index is 12.2. The molecule has 18 heavy (non-hydrogen) atoms. The van der Waals surface area contributed by atoms with E-state index in [4.69, 9.17) is 4.74 Å². The van der Waals surface area contributed by atoms with E-state index in [0.717, 1.165) is 11.3 Å². The number of ether oxygens (including phenoxy) is 1. The van der Waals surface area contributed by atoms with Gasteiger partial charge in [0.25, 0.3) is 0 Å². The highest BCUT2D eigenvalue weighted by molar-refractivity contribution is 5.98. The van der Waals surface area contributed by atoms with E-state index in [-0.39, 0.29) is 18.3 Å². The minimum atomic E-state index is -0.307. The van der Waals surface area contributed by atoms with Crippen LogP contribution in [0.4, 0.5) is 0 Å². The summed E-state index contributed by atoms with van der Waals surface area (Å²) in [6.07, 6.45) is 0.651. The molecular weight excluding hydrogens is 228 g/mol. The van der Waals surface area contributed by atoms with E-state index >= 15 is 0 Å². The van der Waals surface area contributed by atoms with Gasteiger partial charge in [0.2, 0.25) is 0 Å². The van der Waals surface area contributed by atoms with Crippen LogP contribution >= 0.6 is 0 Å². The summed E-state index contributed by atoms with van der Waals surface area (Å²) in [5.41, 5.74) is 1.68. The van der Waals surface area contributed by atoms with Gasteiger partial charge in [-0.05, 0) is 36.1 Å². The van der Waals surface area contributed by atoms with E-state index < -0.39 is 0 Å². The number of carbonyl (C=O) groups is 1. The van der Waals surface area contributed by atoms with Crippen molar-refractivity contribution in [3.63, 3.8) is 0 Å². The van der Waals surface area contributed by atoms with E-state index in [2.05, 4.69) is 13.8 Å². The Hall–Kier alpha value is -1.35. The summed E-state index contributed by atoms with van der Waals surface area (Å²) in [5, 5.41) is 9.19. The predicted molar refractivity (Wildman–Crippen MR) is 72.3 cm³/mol. The molecule has 100 valence electrons. The van der Waals surface area contributed by atoms with Gasteiger partial charge in [-0.2, -0.15) is 0 Å². The average Bonchev–Trinajstić information content (AvgIpc) is 2.39. The van der Waals surface area contributed by atoms with E-state index in [0.29, 0.717) is 17.9 Å². The molecule has 0 radical (unpaired) electrons. The zero-order valence-electron chi connectivity index (χ0n) is 11.6. The number of aliphatic hydroxyl groups excluding tert-OH is 1. The third-order valence-electron chi connectivity index (χ3n) is 3.22. The quantitative estimate of drug-likeness (QED) is 0.789. The van der Waals surface area contributed by atoms with Gasteiger partial charge in [-0.1, -0.05) is 20.8 Å². The highest BCUT2D eigenvalue weighted by atomic mass is 16.5. The first-order valence-electron chi connectivity index (χ1n) is 6.38. The van der Waals surface area contributed by atoms with Gasteiger partial charge < -0.3 is 9.84 Å². The van der Waals surface area contributed by atoms with Crippen LogP contribution in [0, 0.1) is 5.92 Å². The molecule has 0 aliphatic carbocycles. The van der Waals surface area contributed by atoms with Gasteiger partial charge in [0, 0.05) is 11.5 Å². The Morgan fingerprint density at radius 3 is 2.50 bits per heavy atom. The number of Topliss-reactive ketones (excluding diaryl/α,β-unsaturated/α-hetero) is 1. The van der Waals surface area contributed by atoms with Crippen molar-refractivity contribution in [2.75, 3.05) is 13.7 Å². The van der Waals surface area contributed by atoms with Gasteiger partial charge in [-0.25, -0.2) is 0 Å². The van der Waals surface area contributed by atoms with Crippen LogP contribution in [-0.4, -0.2) is 24.6 Å². The van der Waals surface area contributed by atoms with Crippen molar-refractivity contribution in [1.29, 1.82) is 0 Å². The Bertz CT molecular complexity index is 406. The Labute approximate surface area is 109 Å². The number of benzene rings is 1. The molecule has 0 spiro atoms. The Kier molecular flexibility index (Phi) is 5.35. The first-order valence-corrected chi connectivity index (χ1v) is 6.38.